The van der Waals surface area contributed by atoms with Gasteiger partial charge in [-0.2, -0.15) is 0 Å². The number of carbonyl (C=O) groups is 2. The smallest absolute Gasteiger partial charge is 0.407 e. The molecule has 2 heterocycles. The van der Waals surface area contributed by atoms with Crippen molar-refractivity contribution in [2.45, 2.75) is 62.1 Å². The van der Waals surface area contributed by atoms with Gasteiger partial charge in [0.1, 0.15) is 10.6 Å². The zero-order valence-electron chi connectivity index (χ0n) is 18.6. The van der Waals surface area contributed by atoms with Crippen LogP contribution in [-0.2, 0) is 4.74 Å². The van der Waals surface area contributed by atoms with E-state index in [2.05, 4.69) is 17.2 Å². The molecule has 3 rings (SSSR count). The third-order valence-corrected chi connectivity index (χ3v) is 6.23. The van der Waals surface area contributed by atoms with E-state index < -0.39 is 11.7 Å². The van der Waals surface area contributed by atoms with Crippen molar-refractivity contribution in [3.05, 3.63) is 54.2 Å². The van der Waals surface area contributed by atoms with Crippen LogP contribution in [0.25, 0.3) is 0 Å². The number of pyridine rings is 1. The summed E-state index contributed by atoms with van der Waals surface area (Å²) in [4.78, 5) is 33.0. The third kappa shape index (κ3) is 6.47. The van der Waals surface area contributed by atoms with Crippen LogP contribution >= 0.6 is 11.8 Å². The summed E-state index contributed by atoms with van der Waals surface area (Å²) >= 11 is 1.50. The van der Waals surface area contributed by atoms with Gasteiger partial charge in [-0.05, 0) is 63.8 Å². The number of piperidine rings is 1. The Morgan fingerprint density at radius 1 is 1.19 bits per heavy atom. The van der Waals surface area contributed by atoms with Gasteiger partial charge in [-0.25, -0.2) is 9.78 Å². The van der Waals surface area contributed by atoms with Crippen molar-refractivity contribution in [1.29, 1.82) is 0 Å². The molecule has 0 unspecified atom stereocenters. The molecule has 1 aromatic carbocycles. The number of nitrogens with zero attached hydrogens (tertiary/aromatic N) is 2. The lowest BCUT2D eigenvalue weighted by molar-refractivity contribution is 0.0417. The molecule has 0 radical (unpaired) electrons. The summed E-state index contributed by atoms with van der Waals surface area (Å²) < 4.78 is 5.41. The largest absolute Gasteiger partial charge is 0.444 e. The Bertz CT molecular complexity index is 898. The zero-order chi connectivity index (χ0) is 22.4. The number of ether oxygens (including phenoxy) is 1. The maximum atomic E-state index is 13.3. The summed E-state index contributed by atoms with van der Waals surface area (Å²) in [6.07, 6.45) is 2.88. The Morgan fingerprint density at radius 2 is 1.94 bits per heavy atom. The van der Waals surface area contributed by atoms with Crippen molar-refractivity contribution in [2.24, 2.45) is 5.92 Å². The SMILES string of the molecule is CC[C@@H]1CN(C(=O)c2cccnc2Sc2ccccc2)CC[C@H]1NC(=O)OC(C)(C)C. The van der Waals surface area contributed by atoms with Gasteiger partial charge in [-0.3, -0.25) is 4.79 Å². The quantitative estimate of drug-likeness (QED) is 0.707. The minimum absolute atomic E-state index is 0.00374. The van der Waals surface area contributed by atoms with Gasteiger partial charge < -0.3 is 15.0 Å². The first kappa shape index (κ1) is 23.1. The number of carbonyl (C=O) groups excluding carboxylic acids is 2. The molecule has 0 spiro atoms. The molecule has 2 aromatic rings. The van der Waals surface area contributed by atoms with Gasteiger partial charge in [0, 0.05) is 30.2 Å². The highest BCUT2D eigenvalue weighted by molar-refractivity contribution is 7.99. The van der Waals surface area contributed by atoms with E-state index in [-0.39, 0.29) is 17.9 Å². The number of aromatic nitrogens is 1. The van der Waals surface area contributed by atoms with Crippen LogP contribution in [0, 0.1) is 5.92 Å². The predicted molar refractivity (Wildman–Crippen MR) is 122 cm³/mol. The van der Waals surface area contributed by atoms with Gasteiger partial charge in [-0.15, -0.1) is 0 Å². The van der Waals surface area contributed by atoms with E-state index in [0.29, 0.717) is 30.1 Å². The van der Waals surface area contributed by atoms with E-state index in [0.717, 1.165) is 11.3 Å². The van der Waals surface area contributed by atoms with E-state index in [1.54, 1.807) is 12.3 Å². The van der Waals surface area contributed by atoms with Gasteiger partial charge in [0.25, 0.3) is 5.91 Å². The standard InChI is InChI=1S/C24H31N3O3S/c1-5-17-16-27(15-13-20(17)26-23(29)30-24(2,3)4)22(28)19-12-9-14-25-21(19)31-18-10-7-6-8-11-18/h6-12,14,17,20H,5,13,15-16H2,1-4H3,(H,26,29)/t17-,20-/m1/s1. The highest BCUT2D eigenvalue weighted by atomic mass is 32.2. The molecule has 1 aliphatic rings. The van der Waals surface area contributed by atoms with Crippen molar-refractivity contribution in [3.8, 4) is 0 Å². The molecule has 2 atom stereocenters. The predicted octanol–water partition coefficient (Wildman–Crippen LogP) is 5.00. The van der Waals surface area contributed by atoms with Crippen LogP contribution < -0.4 is 5.32 Å². The Balaban J connectivity index is 1.68. The molecule has 1 aromatic heterocycles. The lowest BCUT2D eigenvalue weighted by atomic mass is 9.89. The summed E-state index contributed by atoms with van der Waals surface area (Å²) in [5.74, 6) is 0.160. The summed E-state index contributed by atoms with van der Waals surface area (Å²) in [6, 6.07) is 13.6. The average Bonchev–Trinajstić information content (AvgIpc) is 2.73. The Morgan fingerprint density at radius 3 is 2.61 bits per heavy atom. The molecule has 1 saturated heterocycles. The number of amides is 2. The average molecular weight is 442 g/mol. The molecule has 1 fully saturated rings. The monoisotopic (exact) mass is 441 g/mol. The first-order valence-corrected chi connectivity index (χ1v) is 11.5. The first-order valence-electron chi connectivity index (χ1n) is 10.7. The maximum absolute atomic E-state index is 13.3. The molecule has 1 N–H and O–H groups in total. The van der Waals surface area contributed by atoms with E-state index in [1.807, 2.05) is 62.1 Å². The minimum Gasteiger partial charge on any atom is -0.444 e. The molecule has 0 aliphatic carbocycles. The number of alkyl carbamates (subject to hydrolysis) is 1. The Labute approximate surface area is 188 Å². The van der Waals surface area contributed by atoms with Gasteiger partial charge in [0.05, 0.1) is 5.56 Å². The lowest BCUT2D eigenvalue weighted by Gasteiger charge is -2.39. The number of benzene rings is 1. The first-order chi connectivity index (χ1) is 14.8. The molecule has 7 heteroatoms. The fraction of sp³-hybridized carbons (Fsp3) is 0.458. The molecule has 166 valence electrons. The molecular weight excluding hydrogens is 410 g/mol. The molecule has 2 amide bonds. The van der Waals surface area contributed by atoms with E-state index in [9.17, 15) is 9.59 Å². The molecule has 1 aliphatic heterocycles. The van der Waals surface area contributed by atoms with E-state index in [4.69, 9.17) is 4.74 Å². The number of likely N-dealkylation sites (tertiary alicyclic amines) is 1. The van der Waals surface area contributed by atoms with Crippen LogP contribution in [0.15, 0.2) is 58.6 Å². The van der Waals surface area contributed by atoms with Crippen LogP contribution in [0.5, 0.6) is 0 Å². The molecule has 0 bridgehead atoms. The van der Waals surface area contributed by atoms with Crippen LogP contribution in [0.3, 0.4) is 0 Å². The summed E-state index contributed by atoms with van der Waals surface area (Å²) in [5.41, 5.74) is 0.0834. The second-order valence-electron chi connectivity index (χ2n) is 8.73. The molecule has 6 nitrogen and oxygen atoms in total. The van der Waals surface area contributed by atoms with Gasteiger partial charge >= 0.3 is 6.09 Å². The summed E-state index contributed by atoms with van der Waals surface area (Å²) in [7, 11) is 0. The van der Waals surface area contributed by atoms with Gasteiger partial charge in [0.15, 0.2) is 0 Å². The summed E-state index contributed by atoms with van der Waals surface area (Å²) in [6.45, 7) is 8.82. The second kappa shape index (κ2) is 10.2. The minimum atomic E-state index is -0.532. The number of rotatable bonds is 5. The fourth-order valence-corrected chi connectivity index (χ4v) is 4.58. The van der Waals surface area contributed by atoms with Crippen molar-refractivity contribution >= 4 is 23.8 Å². The molecule has 31 heavy (non-hydrogen) atoms. The zero-order valence-corrected chi connectivity index (χ0v) is 19.4. The highest BCUT2D eigenvalue weighted by Crippen LogP contribution is 2.30. The topological polar surface area (TPSA) is 71.5 Å². The fourth-order valence-electron chi connectivity index (χ4n) is 3.68. The van der Waals surface area contributed by atoms with Gasteiger partial charge in [0.2, 0.25) is 0 Å². The molecule has 0 saturated carbocycles. The van der Waals surface area contributed by atoms with Crippen molar-refractivity contribution in [1.82, 2.24) is 15.2 Å². The van der Waals surface area contributed by atoms with Crippen molar-refractivity contribution in [2.75, 3.05) is 13.1 Å². The van der Waals surface area contributed by atoms with Crippen LogP contribution in [0.2, 0.25) is 0 Å². The third-order valence-electron chi connectivity index (χ3n) is 5.21. The summed E-state index contributed by atoms with van der Waals surface area (Å²) in [5, 5.41) is 3.71. The lowest BCUT2D eigenvalue weighted by Crippen LogP contribution is -2.53. The van der Waals surface area contributed by atoms with E-state index >= 15 is 0 Å². The maximum Gasteiger partial charge on any atom is 0.407 e. The van der Waals surface area contributed by atoms with Gasteiger partial charge in [-0.1, -0.05) is 36.9 Å². The van der Waals surface area contributed by atoms with Crippen LogP contribution in [-0.4, -0.2) is 46.6 Å². The van der Waals surface area contributed by atoms with Crippen LogP contribution in [0.4, 0.5) is 4.79 Å². The van der Waals surface area contributed by atoms with Crippen LogP contribution in [0.1, 0.15) is 50.9 Å². The second-order valence-corrected chi connectivity index (χ2v) is 9.79. The van der Waals surface area contributed by atoms with E-state index in [1.165, 1.54) is 11.8 Å². The number of hydrogen-bond acceptors (Lipinski definition) is 5. The molecular formula is C24H31N3O3S. The number of nitrogens with one attached hydrogen (secondary N) is 1. The number of hydrogen-bond donors (Lipinski definition) is 1. The normalized spacial score (nSPS) is 19.0. The Kier molecular flexibility index (Phi) is 7.59. The van der Waals surface area contributed by atoms with Crippen molar-refractivity contribution in [3.63, 3.8) is 0 Å². The Hall–Kier alpha value is -2.54. The van der Waals surface area contributed by atoms with Crippen molar-refractivity contribution < 1.29 is 14.3 Å². The highest BCUT2D eigenvalue weighted by Gasteiger charge is 2.33.